The van der Waals surface area contributed by atoms with Crippen molar-refractivity contribution in [2.45, 2.75) is 175 Å². The number of carbonyl (C=O) groups excluding carboxylic acids is 2. The molecule has 4 bridgehead atoms. The summed E-state index contributed by atoms with van der Waals surface area (Å²) in [6.07, 6.45) is 10.7. The average Bonchev–Trinajstić information content (AvgIpc) is 3.31. The molecule has 2 atom stereocenters. The second-order valence-electron chi connectivity index (χ2n) is 18.6. The second-order valence-corrected chi connectivity index (χ2v) is 20.6. The van der Waals surface area contributed by atoms with Crippen LogP contribution < -0.4 is 5.11 Å². The Kier molecular flexibility index (Phi) is 25.6. The predicted octanol–water partition coefficient (Wildman–Crippen LogP) is 16.4. The lowest BCUT2D eigenvalue weighted by molar-refractivity contribution is -0.255. The van der Waals surface area contributed by atoms with Crippen LogP contribution in [0.4, 0.5) is 0 Å². The van der Waals surface area contributed by atoms with E-state index < -0.39 is 5.97 Å². The maximum atomic E-state index is 12.6. The predicted molar refractivity (Wildman–Crippen MR) is 285 cm³/mol. The highest BCUT2D eigenvalue weighted by molar-refractivity contribution is 7.97. The van der Waals surface area contributed by atoms with Gasteiger partial charge in [0.15, 0.2) is 14.7 Å². The molecule has 5 aromatic carbocycles. The van der Waals surface area contributed by atoms with Crippen LogP contribution in [0.15, 0.2) is 154 Å². The van der Waals surface area contributed by atoms with Gasteiger partial charge in [-0.25, -0.2) is 0 Å². The Labute approximate surface area is 411 Å². The van der Waals surface area contributed by atoms with Crippen LogP contribution in [0.5, 0.6) is 5.75 Å². The van der Waals surface area contributed by atoms with Crippen molar-refractivity contribution < 1.29 is 24.5 Å². The van der Waals surface area contributed by atoms with E-state index in [1.54, 1.807) is 24.3 Å². The molecule has 0 heterocycles. The van der Waals surface area contributed by atoms with Crippen LogP contribution in [0.3, 0.4) is 0 Å². The standard InChI is InChI=1S/C18H30O2.C18H15S.C11H14O2.C10H14O.4CH4/c1-5-17(3,4)16(19)20-18(6-2)14-8-12-7-13(10-14)11-15(18)9-12;1-4-10-16(11-5-1)19(17-12-6-2-7-13-17)18-14-8-3-9-15-18;1-3-8(2)9-4-6-10(7-5-9)11(12)13;1-3-8(2)9-4-6-10(11)7-5-9;;;;/h12-15H,5-11H2,1-4H3;1-15H;4-8H,3H2,1-2H3,(H,12,13);4-8,11H,3H2,1-2H3;4*1H4/q;+1;;;;;;/p-1. The molecule has 5 nitrogen and oxygen atoms in total. The van der Waals surface area contributed by atoms with Crippen molar-refractivity contribution in [1.29, 1.82) is 0 Å². The molecule has 9 rings (SSSR count). The van der Waals surface area contributed by atoms with E-state index in [9.17, 15) is 14.7 Å². The molecule has 0 amide bonds. The molecule has 4 aliphatic rings. The Bertz CT molecular complexity index is 1990. The van der Waals surface area contributed by atoms with E-state index in [1.807, 2.05) is 38.1 Å². The van der Waals surface area contributed by atoms with Gasteiger partial charge in [0, 0.05) is 0 Å². The molecule has 368 valence electrons. The largest absolute Gasteiger partial charge is 0.545 e. The van der Waals surface area contributed by atoms with Crippen LogP contribution >= 0.6 is 0 Å². The summed E-state index contributed by atoms with van der Waals surface area (Å²) in [5.74, 6) is 3.47. The summed E-state index contributed by atoms with van der Waals surface area (Å²) in [6, 6.07) is 46.5. The smallest absolute Gasteiger partial charge is 0.312 e. The van der Waals surface area contributed by atoms with Crippen LogP contribution in [0.25, 0.3) is 0 Å². The topological polar surface area (TPSA) is 86.7 Å². The van der Waals surface area contributed by atoms with Crippen LogP contribution in [-0.4, -0.2) is 22.6 Å². The number of ether oxygens (including phenoxy) is 1. The van der Waals surface area contributed by atoms with E-state index in [0.717, 1.165) is 37.5 Å². The minimum absolute atomic E-state index is 0. The van der Waals surface area contributed by atoms with E-state index in [4.69, 9.17) is 9.84 Å². The molecule has 4 aliphatic carbocycles. The van der Waals surface area contributed by atoms with Gasteiger partial charge in [-0.15, -0.1) is 0 Å². The quantitative estimate of drug-likeness (QED) is 0.0995. The van der Waals surface area contributed by atoms with Gasteiger partial charge in [-0.2, -0.15) is 0 Å². The van der Waals surface area contributed by atoms with Crippen LogP contribution in [0, 0.1) is 29.1 Å². The van der Waals surface area contributed by atoms with E-state index in [2.05, 4.69) is 133 Å². The second kappa shape index (κ2) is 28.5. The fourth-order valence-corrected chi connectivity index (χ4v) is 11.7. The number of benzene rings is 5. The van der Waals surface area contributed by atoms with Gasteiger partial charge in [-0.3, -0.25) is 4.79 Å². The number of aromatic hydroxyl groups is 1. The number of phenols is 1. The van der Waals surface area contributed by atoms with Crippen LogP contribution in [0.2, 0.25) is 0 Å². The molecule has 0 aliphatic heterocycles. The van der Waals surface area contributed by atoms with E-state index in [1.165, 1.54) is 57.9 Å². The minimum Gasteiger partial charge on any atom is -0.545 e. The molecule has 6 heteroatoms. The third-order valence-corrected chi connectivity index (χ3v) is 16.4. The number of aromatic carboxylic acids is 1. The van der Waals surface area contributed by atoms with Gasteiger partial charge in [-0.1, -0.05) is 162 Å². The van der Waals surface area contributed by atoms with Gasteiger partial charge in [-0.05, 0) is 172 Å². The molecule has 0 radical (unpaired) electrons. The van der Waals surface area contributed by atoms with Crippen molar-refractivity contribution in [2.75, 3.05) is 0 Å². The number of hydrogen-bond donors (Lipinski definition) is 1. The lowest BCUT2D eigenvalue weighted by Crippen LogP contribution is -2.60. The molecule has 0 aromatic heterocycles. The number of carbonyl (C=O) groups is 2. The van der Waals surface area contributed by atoms with Gasteiger partial charge in [0.25, 0.3) is 0 Å². The Morgan fingerprint density at radius 3 is 1.28 bits per heavy atom. The maximum absolute atomic E-state index is 12.6. The lowest BCUT2D eigenvalue weighted by atomic mass is 9.49. The number of phenolic OH excluding ortho intramolecular Hbond substituents is 1. The summed E-state index contributed by atoms with van der Waals surface area (Å²) in [5.41, 5.74) is 2.25. The van der Waals surface area contributed by atoms with Crippen molar-refractivity contribution >= 4 is 22.8 Å². The molecule has 1 N–H and O–H groups in total. The molecule has 0 saturated heterocycles. The summed E-state index contributed by atoms with van der Waals surface area (Å²) < 4.78 is 6.28. The molecule has 4 fully saturated rings. The maximum Gasteiger partial charge on any atom is 0.312 e. The number of esters is 1. The van der Waals surface area contributed by atoms with Crippen molar-refractivity contribution in [1.82, 2.24) is 0 Å². The first-order valence-electron chi connectivity index (χ1n) is 23.5. The molecule has 0 spiro atoms. The highest BCUT2D eigenvalue weighted by Gasteiger charge is 2.59. The van der Waals surface area contributed by atoms with Crippen LogP contribution in [-0.2, 0) is 20.4 Å². The normalized spacial score (nSPS) is 20.3. The monoisotopic (exact) mass is 933 g/mol. The van der Waals surface area contributed by atoms with Crippen molar-refractivity contribution in [3.63, 3.8) is 0 Å². The third kappa shape index (κ3) is 15.9. The third-order valence-electron chi connectivity index (χ3n) is 14.1. The number of rotatable bonds is 12. The molecule has 2 unspecified atom stereocenters. The van der Waals surface area contributed by atoms with Gasteiger partial charge < -0.3 is 19.7 Å². The Morgan fingerprint density at radius 2 is 0.970 bits per heavy atom. The highest BCUT2D eigenvalue weighted by atomic mass is 32.2. The zero-order valence-corrected chi connectivity index (χ0v) is 39.9. The SMILES string of the molecule is C.C.C.C.CCC(C)(C)C(=O)OC1(CC)C2CC3CC(C2)CC1C3.CCC(C)c1ccc(C(=O)[O-])cc1.CCC(C)c1ccc(O)cc1.c1ccc([S+](c2ccccc2)c2ccccc2)cc1. The van der Waals surface area contributed by atoms with E-state index in [0.29, 0.717) is 29.4 Å². The Morgan fingerprint density at radius 1 is 0.612 bits per heavy atom. The Balaban J connectivity index is 0.000000450. The summed E-state index contributed by atoms with van der Waals surface area (Å²) in [5, 5.41) is 19.5. The van der Waals surface area contributed by atoms with Crippen molar-refractivity contribution in [2.24, 2.45) is 29.1 Å². The summed E-state index contributed by atoms with van der Waals surface area (Å²) in [6.45, 7) is 16.9. The Hall–Kier alpha value is -4.81. The summed E-state index contributed by atoms with van der Waals surface area (Å²) in [4.78, 5) is 27.2. The number of carboxylic acid groups (broad SMARTS) is 1. The van der Waals surface area contributed by atoms with Gasteiger partial charge in [0.05, 0.1) is 22.3 Å². The number of carboxylic acids is 1. The molecular formula is C61H88O5S. The lowest BCUT2D eigenvalue weighted by Gasteiger charge is -2.60. The fraction of sp³-hybridized carbons (Fsp3) is 0.475. The van der Waals surface area contributed by atoms with Crippen molar-refractivity contribution in [3.8, 4) is 5.75 Å². The fourth-order valence-electron chi connectivity index (χ4n) is 9.55. The minimum atomic E-state index is -1.12. The summed E-state index contributed by atoms with van der Waals surface area (Å²) >= 11 is 0. The van der Waals surface area contributed by atoms with Gasteiger partial charge in [0.2, 0.25) is 0 Å². The van der Waals surface area contributed by atoms with Crippen LogP contribution in [0.1, 0.15) is 176 Å². The number of hydrogen-bond acceptors (Lipinski definition) is 5. The average molecular weight is 933 g/mol. The zero-order valence-electron chi connectivity index (χ0n) is 39.1. The molecule has 5 aromatic rings. The van der Waals surface area contributed by atoms with Gasteiger partial charge in [0.1, 0.15) is 11.4 Å². The first kappa shape index (κ1) is 60.2. The van der Waals surface area contributed by atoms with E-state index in [-0.39, 0.29) is 63.2 Å². The summed E-state index contributed by atoms with van der Waals surface area (Å²) in [7, 11) is -0.0146. The van der Waals surface area contributed by atoms with Gasteiger partial charge >= 0.3 is 5.97 Å². The molecule has 4 saturated carbocycles. The van der Waals surface area contributed by atoms with E-state index >= 15 is 0 Å². The first-order chi connectivity index (χ1) is 30.2. The van der Waals surface area contributed by atoms with Crippen molar-refractivity contribution in [3.05, 3.63) is 156 Å². The first-order valence-corrected chi connectivity index (χ1v) is 24.7. The zero-order chi connectivity index (χ0) is 45.6. The highest BCUT2D eigenvalue weighted by Crippen LogP contribution is 2.61. The molecular weight excluding hydrogens is 845 g/mol. The molecule has 67 heavy (non-hydrogen) atoms.